The maximum Gasteiger partial charge on any atom is 0.315 e. The molecule has 1 aromatic carbocycles. The highest BCUT2D eigenvalue weighted by atomic mass is 32.2. The van der Waals surface area contributed by atoms with Crippen molar-refractivity contribution in [2.75, 3.05) is 25.6 Å². The van der Waals surface area contributed by atoms with Crippen LogP contribution in [0.5, 0.6) is 0 Å². The van der Waals surface area contributed by atoms with E-state index >= 15 is 0 Å². The van der Waals surface area contributed by atoms with Crippen LogP contribution < -0.4 is 21.3 Å². The van der Waals surface area contributed by atoms with Crippen molar-refractivity contribution in [1.29, 1.82) is 0 Å². The van der Waals surface area contributed by atoms with E-state index in [0.29, 0.717) is 13.0 Å². The Morgan fingerprint density at radius 1 is 1.39 bits per heavy atom. The Balaban J connectivity index is 1.64. The zero-order valence-electron chi connectivity index (χ0n) is 16.2. The normalized spacial score (nSPS) is 23.1. The lowest BCUT2D eigenvalue weighted by Crippen LogP contribution is -2.54. The van der Waals surface area contributed by atoms with Gasteiger partial charge in [-0.15, -0.1) is 11.8 Å². The van der Waals surface area contributed by atoms with Crippen LogP contribution in [0.15, 0.2) is 18.2 Å². The molecular formula is C19H26N4O4S. The molecule has 2 heterocycles. The number of thioether (sulfide) groups is 1. The van der Waals surface area contributed by atoms with Gasteiger partial charge >= 0.3 is 6.03 Å². The summed E-state index contributed by atoms with van der Waals surface area (Å²) < 4.78 is 5.23. The molecule has 2 aliphatic heterocycles. The lowest BCUT2D eigenvalue weighted by Gasteiger charge is -2.32. The molecule has 0 bridgehead atoms. The lowest BCUT2D eigenvalue weighted by atomic mass is 10.0. The summed E-state index contributed by atoms with van der Waals surface area (Å²) in [6.45, 7) is 4.75. The molecule has 8 nitrogen and oxygen atoms in total. The monoisotopic (exact) mass is 406 g/mol. The van der Waals surface area contributed by atoms with Crippen LogP contribution in [0, 0.1) is 5.92 Å². The highest BCUT2D eigenvalue weighted by Crippen LogP contribution is 2.28. The quantitative estimate of drug-likeness (QED) is 0.547. The summed E-state index contributed by atoms with van der Waals surface area (Å²) in [5.41, 5.74) is 2.71. The van der Waals surface area contributed by atoms with Crippen molar-refractivity contribution in [2.24, 2.45) is 5.92 Å². The van der Waals surface area contributed by atoms with E-state index in [1.807, 2.05) is 32.0 Å². The van der Waals surface area contributed by atoms with Crippen LogP contribution in [0.2, 0.25) is 0 Å². The first-order valence-electron chi connectivity index (χ1n) is 9.29. The second-order valence-corrected chi connectivity index (χ2v) is 8.55. The molecule has 1 saturated heterocycles. The first-order chi connectivity index (χ1) is 13.4. The third-order valence-corrected chi connectivity index (χ3v) is 6.46. The van der Waals surface area contributed by atoms with E-state index in [2.05, 4.69) is 21.3 Å². The summed E-state index contributed by atoms with van der Waals surface area (Å²) in [5, 5.41) is 10.8. The molecule has 0 spiro atoms. The Kier molecular flexibility index (Phi) is 6.46. The Hall–Kier alpha value is -2.26. The minimum atomic E-state index is -0.448. The van der Waals surface area contributed by atoms with Crippen LogP contribution in [0.25, 0.3) is 0 Å². The fourth-order valence-electron chi connectivity index (χ4n) is 3.26. The van der Waals surface area contributed by atoms with E-state index in [0.717, 1.165) is 16.8 Å². The van der Waals surface area contributed by atoms with E-state index in [4.69, 9.17) is 4.74 Å². The number of urea groups is 1. The molecule has 0 aliphatic carbocycles. The molecule has 4 N–H and O–H groups in total. The van der Waals surface area contributed by atoms with Crippen LogP contribution in [0.4, 0.5) is 10.5 Å². The van der Waals surface area contributed by atoms with E-state index in [1.165, 1.54) is 11.8 Å². The van der Waals surface area contributed by atoms with E-state index in [1.54, 1.807) is 7.11 Å². The zero-order chi connectivity index (χ0) is 20.3. The maximum atomic E-state index is 12.9. The molecule has 152 valence electrons. The van der Waals surface area contributed by atoms with Gasteiger partial charge in [0.05, 0.1) is 24.4 Å². The minimum Gasteiger partial charge on any atom is -0.383 e. The van der Waals surface area contributed by atoms with Gasteiger partial charge in [-0.3, -0.25) is 9.59 Å². The van der Waals surface area contributed by atoms with Gasteiger partial charge in [0.2, 0.25) is 11.8 Å². The fourth-order valence-corrected chi connectivity index (χ4v) is 4.56. The molecule has 1 aromatic rings. The number of hydrogen-bond donors (Lipinski definition) is 4. The number of nitrogens with one attached hydrogen (secondary N) is 4. The smallest absolute Gasteiger partial charge is 0.315 e. The number of carbonyl (C=O) groups excluding carboxylic acids is 3. The largest absolute Gasteiger partial charge is 0.383 e. The third-order valence-electron chi connectivity index (χ3n) is 4.91. The van der Waals surface area contributed by atoms with Crippen molar-refractivity contribution in [3.8, 4) is 0 Å². The van der Waals surface area contributed by atoms with E-state index < -0.39 is 5.25 Å². The molecule has 3 unspecified atom stereocenters. The molecule has 1 fully saturated rings. The zero-order valence-corrected chi connectivity index (χ0v) is 17.0. The fraction of sp³-hybridized carbons (Fsp3) is 0.526. The Labute approximate surface area is 168 Å². The number of anilines is 1. The van der Waals surface area contributed by atoms with Crippen LogP contribution in [0.3, 0.4) is 0 Å². The first-order valence-corrected chi connectivity index (χ1v) is 10.2. The number of benzene rings is 1. The predicted molar refractivity (Wildman–Crippen MR) is 108 cm³/mol. The Morgan fingerprint density at radius 2 is 2.18 bits per heavy atom. The molecule has 2 aliphatic rings. The molecule has 4 atom stereocenters. The van der Waals surface area contributed by atoms with Gasteiger partial charge in [0.25, 0.3) is 0 Å². The standard InChI is InChI=1S/C19H26N4O4S/c1-10-8-20-19(26)23-18(10)28-15(9-27-3)17(25)21-11(2)12-4-5-14-13(6-12)7-16(24)22-14/h4-6,10-11,15,18H,7-9H2,1-3H3,(H,21,25)(H,22,24)(H2,20,23,26)/t10?,11-,15?,18?/m1/s1. The van der Waals surface area contributed by atoms with Gasteiger partial charge in [-0.25, -0.2) is 4.79 Å². The summed E-state index contributed by atoms with van der Waals surface area (Å²) in [7, 11) is 1.55. The highest BCUT2D eigenvalue weighted by molar-refractivity contribution is 8.01. The van der Waals surface area contributed by atoms with Crippen molar-refractivity contribution >= 4 is 35.3 Å². The average Bonchev–Trinajstić information content (AvgIpc) is 3.03. The number of ether oxygens (including phenoxy) is 1. The van der Waals surface area contributed by atoms with Crippen LogP contribution in [-0.2, 0) is 20.7 Å². The van der Waals surface area contributed by atoms with Gasteiger partial charge in [0.15, 0.2) is 0 Å². The summed E-state index contributed by atoms with van der Waals surface area (Å²) in [5.74, 6) is 0.0293. The van der Waals surface area contributed by atoms with Crippen molar-refractivity contribution in [3.63, 3.8) is 0 Å². The number of amides is 4. The molecule has 3 rings (SSSR count). The van der Waals surface area contributed by atoms with Gasteiger partial charge < -0.3 is 26.0 Å². The number of carbonyl (C=O) groups is 3. The van der Waals surface area contributed by atoms with Crippen LogP contribution in [0.1, 0.15) is 31.0 Å². The number of methoxy groups -OCH3 is 1. The second kappa shape index (κ2) is 8.83. The van der Waals surface area contributed by atoms with Crippen LogP contribution in [-0.4, -0.2) is 48.7 Å². The molecule has 0 radical (unpaired) electrons. The second-order valence-electron chi connectivity index (χ2n) is 7.20. The summed E-state index contributed by atoms with van der Waals surface area (Å²) >= 11 is 1.40. The van der Waals surface area contributed by atoms with Gasteiger partial charge in [-0.05, 0) is 24.1 Å². The highest BCUT2D eigenvalue weighted by Gasteiger charge is 2.31. The van der Waals surface area contributed by atoms with Crippen LogP contribution >= 0.6 is 11.8 Å². The third kappa shape index (κ3) is 4.77. The SMILES string of the molecule is COCC(SC1NC(=O)NCC1C)C(=O)N[C@H](C)c1ccc2c(c1)CC(=O)N2. The molecule has 4 amide bonds. The predicted octanol–water partition coefficient (Wildman–Crippen LogP) is 1.38. The van der Waals surface area contributed by atoms with Gasteiger partial charge in [0, 0.05) is 25.3 Å². The van der Waals surface area contributed by atoms with Gasteiger partial charge in [0.1, 0.15) is 5.25 Å². The van der Waals surface area contributed by atoms with Gasteiger partial charge in [-0.1, -0.05) is 19.1 Å². The van der Waals surface area contributed by atoms with Gasteiger partial charge in [-0.2, -0.15) is 0 Å². The molecule has 0 aromatic heterocycles. The summed E-state index contributed by atoms with van der Waals surface area (Å²) in [6.07, 6.45) is 0.360. The number of rotatable bonds is 7. The number of hydrogen-bond acceptors (Lipinski definition) is 5. The molecular weight excluding hydrogens is 380 g/mol. The Morgan fingerprint density at radius 3 is 2.93 bits per heavy atom. The summed E-state index contributed by atoms with van der Waals surface area (Å²) in [4.78, 5) is 36.0. The Bertz CT molecular complexity index is 772. The lowest BCUT2D eigenvalue weighted by molar-refractivity contribution is -0.122. The molecule has 28 heavy (non-hydrogen) atoms. The first kappa shape index (κ1) is 20.5. The number of fused-ring (bicyclic) bond motifs is 1. The van der Waals surface area contributed by atoms with Crippen molar-refractivity contribution in [1.82, 2.24) is 16.0 Å². The topological polar surface area (TPSA) is 109 Å². The van der Waals surface area contributed by atoms with Crippen molar-refractivity contribution in [2.45, 2.75) is 36.9 Å². The maximum absolute atomic E-state index is 12.9. The van der Waals surface area contributed by atoms with E-state index in [9.17, 15) is 14.4 Å². The van der Waals surface area contributed by atoms with Crippen molar-refractivity contribution in [3.05, 3.63) is 29.3 Å². The average molecular weight is 407 g/mol. The molecule has 0 saturated carbocycles. The van der Waals surface area contributed by atoms with E-state index in [-0.39, 0.29) is 41.8 Å². The molecule has 9 heteroatoms. The summed E-state index contributed by atoms with van der Waals surface area (Å²) in [6, 6.07) is 5.29. The minimum absolute atomic E-state index is 0.0152. The van der Waals surface area contributed by atoms with Crippen molar-refractivity contribution < 1.29 is 19.1 Å².